The molecule has 2 aromatic carbocycles. The highest BCUT2D eigenvalue weighted by molar-refractivity contribution is 5.85. The minimum atomic E-state index is -0.0327. The minimum Gasteiger partial charge on any atom is -0.454 e. The van der Waals surface area contributed by atoms with Crippen LogP contribution < -0.4 is 20.1 Å². The molecule has 1 unspecified atom stereocenters. The van der Waals surface area contributed by atoms with E-state index in [2.05, 4.69) is 10.6 Å². The number of ether oxygens (including phenoxy) is 2. The summed E-state index contributed by atoms with van der Waals surface area (Å²) in [6.45, 7) is 2.98. The number of nitrogens with one attached hydrogen (secondary N) is 2. The highest BCUT2D eigenvalue weighted by atomic mass is 35.5. The van der Waals surface area contributed by atoms with Crippen molar-refractivity contribution >= 4 is 24.2 Å². The summed E-state index contributed by atoms with van der Waals surface area (Å²) in [5, 5.41) is 6.53. The summed E-state index contributed by atoms with van der Waals surface area (Å²) in [5.41, 5.74) is 2.03. The summed E-state index contributed by atoms with van der Waals surface area (Å²) >= 11 is 0. The fourth-order valence-electron chi connectivity index (χ4n) is 4.15. The lowest BCUT2D eigenvalue weighted by molar-refractivity contribution is -0.130. The molecule has 4 rings (SSSR count). The van der Waals surface area contributed by atoms with Crippen molar-refractivity contribution in [1.29, 1.82) is 0 Å². The molecule has 0 saturated carbocycles. The molecule has 178 valence electrons. The van der Waals surface area contributed by atoms with Crippen LogP contribution in [0.15, 0.2) is 48.5 Å². The van der Waals surface area contributed by atoms with Gasteiger partial charge in [-0.2, -0.15) is 0 Å². The van der Waals surface area contributed by atoms with Gasteiger partial charge in [-0.3, -0.25) is 9.59 Å². The SMILES string of the molecule is Cl.O=C1CC(c2ccccc2)NCCCN(C(=O)Cc2ccc3c(c2)OCO3)CCCCN1. The van der Waals surface area contributed by atoms with Crippen LogP contribution in [0.3, 0.4) is 0 Å². The lowest BCUT2D eigenvalue weighted by Crippen LogP contribution is -2.36. The molecule has 2 heterocycles. The van der Waals surface area contributed by atoms with Gasteiger partial charge in [-0.05, 0) is 49.1 Å². The number of rotatable bonds is 3. The summed E-state index contributed by atoms with van der Waals surface area (Å²) < 4.78 is 10.8. The fourth-order valence-corrected chi connectivity index (χ4v) is 4.15. The summed E-state index contributed by atoms with van der Waals surface area (Å²) in [7, 11) is 0. The van der Waals surface area contributed by atoms with E-state index in [0.717, 1.165) is 42.7 Å². The van der Waals surface area contributed by atoms with E-state index in [1.807, 2.05) is 53.4 Å². The molecule has 33 heavy (non-hydrogen) atoms. The maximum Gasteiger partial charge on any atom is 0.231 e. The Bertz CT molecular complexity index is 925. The number of hydrogen-bond acceptors (Lipinski definition) is 5. The van der Waals surface area contributed by atoms with Crippen molar-refractivity contribution in [2.24, 2.45) is 0 Å². The fraction of sp³-hybridized carbons (Fsp3) is 0.440. The van der Waals surface area contributed by atoms with Gasteiger partial charge in [0, 0.05) is 32.1 Å². The largest absolute Gasteiger partial charge is 0.454 e. The first kappa shape index (κ1) is 24.9. The van der Waals surface area contributed by atoms with Crippen molar-refractivity contribution in [3.8, 4) is 11.5 Å². The van der Waals surface area contributed by atoms with Crippen molar-refractivity contribution < 1.29 is 19.1 Å². The second kappa shape index (κ2) is 12.5. The van der Waals surface area contributed by atoms with Crippen molar-refractivity contribution in [3.63, 3.8) is 0 Å². The quantitative estimate of drug-likeness (QED) is 0.715. The Morgan fingerprint density at radius 3 is 2.61 bits per heavy atom. The zero-order chi connectivity index (χ0) is 22.2. The van der Waals surface area contributed by atoms with Crippen molar-refractivity contribution in [2.45, 2.75) is 38.1 Å². The Balaban J connectivity index is 0.00000306. The van der Waals surface area contributed by atoms with Crippen LogP contribution in [0, 0.1) is 0 Å². The van der Waals surface area contributed by atoms with Crippen LogP contribution in [0.1, 0.15) is 42.9 Å². The van der Waals surface area contributed by atoms with Crippen LogP contribution >= 0.6 is 12.4 Å². The molecule has 1 fully saturated rings. The molecule has 0 aromatic heterocycles. The predicted octanol–water partition coefficient (Wildman–Crippen LogP) is 3.23. The molecule has 0 bridgehead atoms. The van der Waals surface area contributed by atoms with E-state index in [1.165, 1.54) is 0 Å². The van der Waals surface area contributed by atoms with Crippen LogP contribution in [0.25, 0.3) is 0 Å². The summed E-state index contributed by atoms with van der Waals surface area (Å²) in [6.07, 6.45) is 3.30. The van der Waals surface area contributed by atoms with Crippen molar-refractivity contribution in [1.82, 2.24) is 15.5 Å². The van der Waals surface area contributed by atoms with Crippen LogP contribution in [0.2, 0.25) is 0 Å². The average Bonchev–Trinajstić information content (AvgIpc) is 3.27. The number of halogens is 1. The summed E-state index contributed by atoms with van der Waals surface area (Å²) in [5.74, 6) is 1.60. The smallest absolute Gasteiger partial charge is 0.231 e. The molecule has 7 nitrogen and oxygen atoms in total. The molecule has 0 spiro atoms. The van der Waals surface area contributed by atoms with Gasteiger partial charge >= 0.3 is 0 Å². The van der Waals surface area contributed by atoms with E-state index in [9.17, 15) is 9.59 Å². The maximum absolute atomic E-state index is 13.1. The van der Waals surface area contributed by atoms with Gasteiger partial charge in [0.2, 0.25) is 18.6 Å². The van der Waals surface area contributed by atoms with Gasteiger partial charge < -0.3 is 25.0 Å². The predicted molar refractivity (Wildman–Crippen MR) is 129 cm³/mol. The van der Waals surface area contributed by atoms with E-state index >= 15 is 0 Å². The highest BCUT2D eigenvalue weighted by Crippen LogP contribution is 2.32. The van der Waals surface area contributed by atoms with Gasteiger partial charge in [0.05, 0.1) is 6.42 Å². The third-order valence-corrected chi connectivity index (χ3v) is 5.91. The van der Waals surface area contributed by atoms with E-state index in [0.29, 0.717) is 38.2 Å². The standard InChI is InChI=1S/C25H31N3O4.ClH/c29-24-17-21(20-7-2-1-3-8-20)26-12-6-14-28(13-5-4-11-27-24)25(30)16-19-9-10-22-23(15-19)32-18-31-22;/h1-3,7-10,15,21,26H,4-6,11-14,16-18H2,(H,27,29);1H. The van der Waals surface area contributed by atoms with E-state index in [1.54, 1.807) is 0 Å². The Morgan fingerprint density at radius 1 is 0.970 bits per heavy atom. The van der Waals surface area contributed by atoms with E-state index in [4.69, 9.17) is 9.47 Å². The molecule has 2 aromatic rings. The first-order valence-corrected chi connectivity index (χ1v) is 11.4. The van der Waals surface area contributed by atoms with Gasteiger partial charge in [-0.25, -0.2) is 0 Å². The Morgan fingerprint density at radius 2 is 1.76 bits per heavy atom. The highest BCUT2D eigenvalue weighted by Gasteiger charge is 2.19. The van der Waals surface area contributed by atoms with Gasteiger partial charge in [-0.15, -0.1) is 12.4 Å². The normalized spacial score (nSPS) is 19.3. The lowest BCUT2D eigenvalue weighted by atomic mass is 10.0. The van der Waals surface area contributed by atoms with Gasteiger partial charge in [-0.1, -0.05) is 36.4 Å². The van der Waals surface area contributed by atoms with E-state index in [-0.39, 0.29) is 37.1 Å². The molecule has 2 aliphatic heterocycles. The van der Waals surface area contributed by atoms with Gasteiger partial charge in [0.1, 0.15) is 0 Å². The third kappa shape index (κ3) is 7.11. The van der Waals surface area contributed by atoms with Gasteiger partial charge in [0.15, 0.2) is 11.5 Å². The maximum atomic E-state index is 13.1. The second-order valence-electron chi connectivity index (χ2n) is 8.28. The van der Waals surface area contributed by atoms with Crippen molar-refractivity contribution in [3.05, 3.63) is 59.7 Å². The molecule has 1 atom stereocenters. The number of carbonyl (C=O) groups is 2. The number of amides is 2. The van der Waals surface area contributed by atoms with Crippen LogP contribution in [-0.2, 0) is 16.0 Å². The Labute approximate surface area is 201 Å². The number of nitrogens with zero attached hydrogens (tertiary/aromatic N) is 1. The first-order valence-electron chi connectivity index (χ1n) is 11.4. The lowest BCUT2D eigenvalue weighted by Gasteiger charge is -2.24. The molecule has 1 saturated heterocycles. The number of carbonyl (C=O) groups excluding carboxylic acids is 2. The average molecular weight is 474 g/mol. The monoisotopic (exact) mass is 473 g/mol. The second-order valence-corrected chi connectivity index (χ2v) is 8.28. The van der Waals surface area contributed by atoms with Crippen LogP contribution in [0.4, 0.5) is 0 Å². The Hall–Kier alpha value is -2.77. The Kier molecular flexibility index (Phi) is 9.39. The number of fused-ring (bicyclic) bond motifs is 1. The molecular weight excluding hydrogens is 442 g/mol. The topological polar surface area (TPSA) is 79.9 Å². The zero-order valence-electron chi connectivity index (χ0n) is 18.8. The molecule has 2 amide bonds. The molecule has 8 heteroatoms. The van der Waals surface area contributed by atoms with Crippen LogP contribution in [-0.4, -0.2) is 49.7 Å². The van der Waals surface area contributed by atoms with E-state index < -0.39 is 0 Å². The van der Waals surface area contributed by atoms with Gasteiger partial charge in [0.25, 0.3) is 0 Å². The van der Waals surface area contributed by atoms with Crippen molar-refractivity contribution in [2.75, 3.05) is 33.0 Å². The number of hydrogen-bond donors (Lipinski definition) is 2. The summed E-state index contributed by atoms with van der Waals surface area (Å²) in [4.78, 5) is 27.4. The zero-order valence-corrected chi connectivity index (χ0v) is 19.6. The number of benzene rings is 2. The minimum absolute atomic E-state index is 0. The third-order valence-electron chi connectivity index (χ3n) is 5.91. The molecular formula is C25H32ClN3O4. The summed E-state index contributed by atoms with van der Waals surface area (Å²) in [6, 6.07) is 15.7. The molecule has 0 aliphatic carbocycles. The molecule has 0 radical (unpaired) electrons. The molecule has 2 aliphatic rings. The van der Waals surface area contributed by atoms with Crippen LogP contribution in [0.5, 0.6) is 11.5 Å². The molecule has 2 N–H and O–H groups in total. The first-order chi connectivity index (χ1) is 15.7.